The number of halogens is 3. The number of rotatable bonds is 5. The van der Waals surface area contributed by atoms with Crippen LogP contribution in [0.4, 0.5) is 18.0 Å². The molecule has 4 heterocycles. The van der Waals surface area contributed by atoms with Crippen molar-refractivity contribution >= 4 is 12.0 Å². The Morgan fingerprint density at radius 1 is 1.19 bits per heavy atom. The minimum Gasteiger partial charge on any atom is -0.444 e. The van der Waals surface area contributed by atoms with Gasteiger partial charge < -0.3 is 25.0 Å². The Kier molecular flexibility index (Phi) is 8.22. The maximum atomic E-state index is 13.5. The highest BCUT2D eigenvalue weighted by Gasteiger charge is 2.44. The number of carbonyl (C=O) groups excluding carboxylic acids is 2. The topological polar surface area (TPSA) is 124 Å². The Morgan fingerprint density at radius 2 is 1.91 bits per heavy atom. The fourth-order valence-electron chi connectivity index (χ4n) is 6.30. The molecular weight excluding hydrogens is 565 g/mol. The van der Waals surface area contributed by atoms with E-state index in [1.54, 1.807) is 31.5 Å². The number of nitriles is 1. The molecule has 0 saturated carbocycles. The smallest absolute Gasteiger partial charge is 0.417 e. The number of alkyl halides is 3. The lowest BCUT2D eigenvalue weighted by Crippen LogP contribution is -2.46. The highest BCUT2D eigenvalue weighted by molar-refractivity contribution is 5.84. The van der Waals surface area contributed by atoms with Crippen LogP contribution in [0.15, 0.2) is 18.2 Å². The summed E-state index contributed by atoms with van der Waals surface area (Å²) < 4.78 is 47.7. The van der Waals surface area contributed by atoms with Gasteiger partial charge in [-0.2, -0.15) is 23.5 Å². The summed E-state index contributed by atoms with van der Waals surface area (Å²) in [7, 11) is 0. The standard InChI is InChI=1S/C30H37F3N6O4/c1-28(2,3)43-27(42)38-11-6-24-22(18-38)25(19-4-5-23(30(31,32)33)20(14-19)15-34)36-39(24)17-21(40)16-37-12-8-29(9-13-37)7-10-35-26(29)41/h4-5,14,21,40H,6-13,16-18H2,1-3H3,(H,35,41). The first-order chi connectivity index (χ1) is 20.2. The van der Waals surface area contributed by atoms with Crippen LogP contribution in [-0.2, 0) is 35.2 Å². The van der Waals surface area contributed by atoms with E-state index in [4.69, 9.17) is 9.84 Å². The summed E-state index contributed by atoms with van der Waals surface area (Å²) in [6, 6.07) is 4.96. The predicted octanol–water partition coefficient (Wildman–Crippen LogP) is 3.70. The number of hydrogen-bond acceptors (Lipinski definition) is 7. The number of aliphatic hydroxyl groups excluding tert-OH is 1. The van der Waals surface area contributed by atoms with E-state index in [0.717, 1.165) is 31.0 Å². The third-order valence-electron chi connectivity index (χ3n) is 8.54. The van der Waals surface area contributed by atoms with Crippen LogP contribution < -0.4 is 5.32 Å². The van der Waals surface area contributed by atoms with Crippen LogP contribution in [-0.4, -0.2) is 81.1 Å². The van der Waals surface area contributed by atoms with Crippen molar-refractivity contribution in [3.8, 4) is 17.3 Å². The molecule has 0 aliphatic carbocycles. The molecule has 3 aliphatic rings. The number of fused-ring (bicyclic) bond motifs is 1. The monoisotopic (exact) mass is 602 g/mol. The van der Waals surface area contributed by atoms with Crippen molar-refractivity contribution in [2.75, 3.05) is 32.7 Å². The number of carbonyl (C=O) groups is 2. The molecule has 1 aromatic carbocycles. The van der Waals surface area contributed by atoms with Crippen LogP contribution in [0.25, 0.3) is 11.3 Å². The van der Waals surface area contributed by atoms with E-state index in [0.29, 0.717) is 56.0 Å². The molecule has 1 aromatic heterocycles. The number of nitrogens with one attached hydrogen (secondary N) is 1. The van der Waals surface area contributed by atoms with Gasteiger partial charge in [0.25, 0.3) is 0 Å². The molecular formula is C30H37F3N6O4. The number of aromatic nitrogens is 2. The molecule has 2 aromatic rings. The molecule has 0 bridgehead atoms. The minimum atomic E-state index is -4.68. The fourth-order valence-corrected chi connectivity index (χ4v) is 6.30. The quantitative estimate of drug-likeness (QED) is 0.535. The zero-order chi connectivity index (χ0) is 31.2. The molecule has 2 saturated heterocycles. The molecule has 1 unspecified atom stereocenters. The van der Waals surface area contributed by atoms with Gasteiger partial charge in [0.15, 0.2) is 0 Å². The van der Waals surface area contributed by atoms with E-state index >= 15 is 0 Å². The molecule has 43 heavy (non-hydrogen) atoms. The van der Waals surface area contributed by atoms with Gasteiger partial charge in [-0.15, -0.1) is 0 Å². The molecule has 232 valence electrons. The summed E-state index contributed by atoms with van der Waals surface area (Å²) in [6.45, 7) is 8.37. The summed E-state index contributed by atoms with van der Waals surface area (Å²) in [6.07, 6.45) is -3.28. The summed E-state index contributed by atoms with van der Waals surface area (Å²) in [5.41, 5.74) is -0.486. The highest BCUT2D eigenvalue weighted by Crippen LogP contribution is 2.39. The average Bonchev–Trinajstić information content (AvgIpc) is 3.47. The summed E-state index contributed by atoms with van der Waals surface area (Å²) in [4.78, 5) is 28.9. The van der Waals surface area contributed by atoms with Crippen LogP contribution in [0.1, 0.15) is 62.4 Å². The Labute approximate surface area is 248 Å². The number of ether oxygens (including phenoxy) is 1. The number of β-amino-alcohol motifs (C(OH)–C–C–N with tert-alkyl or cyclic N) is 1. The van der Waals surface area contributed by atoms with Gasteiger partial charge in [-0.1, -0.05) is 6.07 Å². The van der Waals surface area contributed by atoms with Crippen molar-refractivity contribution in [1.82, 2.24) is 24.9 Å². The molecule has 1 spiro atoms. The average molecular weight is 603 g/mol. The first-order valence-corrected chi connectivity index (χ1v) is 14.6. The minimum absolute atomic E-state index is 0.117. The lowest BCUT2D eigenvalue weighted by Gasteiger charge is -2.38. The second-order valence-electron chi connectivity index (χ2n) is 12.7. The predicted molar refractivity (Wildman–Crippen MR) is 149 cm³/mol. The Bertz CT molecular complexity index is 1430. The van der Waals surface area contributed by atoms with E-state index < -0.39 is 35.1 Å². The Hall–Kier alpha value is -3.63. The molecule has 2 fully saturated rings. The van der Waals surface area contributed by atoms with Gasteiger partial charge >= 0.3 is 12.3 Å². The molecule has 0 radical (unpaired) electrons. The fraction of sp³-hybridized carbons (Fsp3) is 0.600. The normalized spacial score (nSPS) is 19.6. The molecule has 1 atom stereocenters. The van der Waals surface area contributed by atoms with Crippen molar-refractivity contribution in [2.45, 2.75) is 77.4 Å². The van der Waals surface area contributed by atoms with E-state index in [2.05, 4.69) is 10.2 Å². The number of amides is 2. The molecule has 2 N–H and O–H groups in total. The van der Waals surface area contributed by atoms with Crippen LogP contribution in [0.5, 0.6) is 0 Å². The van der Waals surface area contributed by atoms with Crippen LogP contribution in [0.2, 0.25) is 0 Å². The van der Waals surface area contributed by atoms with Crippen molar-refractivity contribution < 1.29 is 32.6 Å². The van der Waals surface area contributed by atoms with Gasteiger partial charge in [-0.05, 0) is 65.3 Å². The number of nitrogens with zero attached hydrogens (tertiary/aromatic N) is 5. The number of hydrogen-bond donors (Lipinski definition) is 2. The molecule has 10 nitrogen and oxygen atoms in total. The van der Waals surface area contributed by atoms with Crippen molar-refractivity contribution in [3.05, 3.63) is 40.6 Å². The maximum absolute atomic E-state index is 13.5. The van der Waals surface area contributed by atoms with Crippen LogP contribution >= 0.6 is 0 Å². The van der Waals surface area contributed by atoms with Gasteiger partial charge in [-0.3, -0.25) is 9.48 Å². The Balaban J connectivity index is 1.39. The van der Waals surface area contributed by atoms with Gasteiger partial charge in [0, 0.05) is 42.9 Å². The SMILES string of the molecule is CC(C)(C)OC(=O)N1CCc2c(c(-c3ccc(C(F)(F)F)c(C#N)c3)nn2CC(O)CN2CCC3(CCNC3=O)CC2)C1. The zero-order valence-corrected chi connectivity index (χ0v) is 24.6. The van der Waals surface area contributed by atoms with Gasteiger partial charge in [0.05, 0.1) is 47.5 Å². The molecule has 3 aliphatic heterocycles. The van der Waals surface area contributed by atoms with Gasteiger partial charge in [-0.25, -0.2) is 4.79 Å². The zero-order valence-electron chi connectivity index (χ0n) is 24.6. The van der Waals surface area contributed by atoms with E-state index in [-0.39, 0.29) is 24.4 Å². The van der Waals surface area contributed by atoms with E-state index in [1.807, 2.05) is 0 Å². The maximum Gasteiger partial charge on any atom is 0.417 e. The third-order valence-corrected chi connectivity index (χ3v) is 8.54. The highest BCUT2D eigenvalue weighted by atomic mass is 19.4. The van der Waals surface area contributed by atoms with Crippen molar-refractivity contribution in [3.63, 3.8) is 0 Å². The van der Waals surface area contributed by atoms with E-state index in [9.17, 15) is 33.1 Å². The number of aliphatic hydroxyl groups is 1. The Morgan fingerprint density at radius 3 is 2.51 bits per heavy atom. The summed E-state index contributed by atoms with van der Waals surface area (Å²) in [5, 5.41) is 28.2. The van der Waals surface area contributed by atoms with Gasteiger partial charge in [0.2, 0.25) is 5.91 Å². The number of benzene rings is 1. The van der Waals surface area contributed by atoms with Crippen molar-refractivity contribution in [1.29, 1.82) is 5.26 Å². The lowest BCUT2D eigenvalue weighted by atomic mass is 9.77. The molecule has 13 heteroatoms. The van der Waals surface area contributed by atoms with Crippen LogP contribution in [0.3, 0.4) is 0 Å². The number of likely N-dealkylation sites (tertiary alicyclic amines) is 1. The summed E-state index contributed by atoms with van der Waals surface area (Å²) in [5.74, 6) is 0.117. The summed E-state index contributed by atoms with van der Waals surface area (Å²) >= 11 is 0. The largest absolute Gasteiger partial charge is 0.444 e. The first kappa shape index (κ1) is 30.8. The number of piperidine rings is 1. The molecule has 5 rings (SSSR count). The van der Waals surface area contributed by atoms with Crippen molar-refractivity contribution in [2.24, 2.45) is 5.41 Å². The van der Waals surface area contributed by atoms with Crippen LogP contribution in [0, 0.1) is 16.7 Å². The van der Waals surface area contributed by atoms with Gasteiger partial charge in [0.1, 0.15) is 5.60 Å². The lowest BCUT2D eigenvalue weighted by molar-refractivity contribution is -0.137. The third kappa shape index (κ3) is 6.50. The second-order valence-corrected chi connectivity index (χ2v) is 12.7. The second kappa shape index (κ2) is 11.5. The molecule has 2 amide bonds. The first-order valence-electron chi connectivity index (χ1n) is 14.6. The van der Waals surface area contributed by atoms with E-state index in [1.165, 1.54) is 17.0 Å².